The molecule has 2 saturated heterocycles. The molecule has 1 saturated carbocycles. The van der Waals surface area contributed by atoms with Crippen molar-refractivity contribution in [3.8, 4) is 0 Å². The maximum atomic E-state index is 12.3. The van der Waals surface area contributed by atoms with E-state index in [0.29, 0.717) is 18.0 Å². The lowest BCUT2D eigenvalue weighted by atomic mass is 9.95. The number of hydrogen-bond donors (Lipinski definition) is 0. The normalized spacial score (nSPS) is 30.0. The van der Waals surface area contributed by atoms with Crippen LogP contribution in [-0.2, 0) is 18.4 Å². The van der Waals surface area contributed by atoms with E-state index < -0.39 is 0 Å². The Morgan fingerprint density at radius 1 is 1.24 bits per heavy atom. The van der Waals surface area contributed by atoms with Gasteiger partial charge in [-0.05, 0) is 31.6 Å². The van der Waals surface area contributed by atoms with E-state index in [0.717, 1.165) is 44.8 Å². The Labute approximate surface area is 125 Å². The molecule has 0 bridgehead atoms. The Hall–Kier alpha value is -1.36. The number of amides is 1. The van der Waals surface area contributed by atoms with Gasteiger partial charge in [-0.3, -0.25) is 14.4 Å². The maximum Gasteiger partial charge on any atom is 0.222 e. The van der Waals surface area contributed by atoms with Crippen LogP contribution in [0, 0.1) is 5.92 Å². The second-order valence-electron chi connectivity index (χ2n) is 6.94. The molecule has 3 fully saturated rings. The maximum absolute atomic E-state index is 12.3. The molecule has 0 spiro atoms. The van der Waals surface area contributed by atoms with Crippen molar-refractivity contribution in [2.24, 2.45) is 13.0 Å². The minimum atomic E-state index is 0.395. The van der Waals surface area contributed by atoms with Crippen LogP contribution in [-0.4, -0.2) is 50.7 Å². The molecule has 1 aromatic heterocycles. The average Bonchev–Trinajstić information content (AvgIpc) is 3.06. The number of likely N-dealkylation sites (tertiary alicyclic amines) is 2. The van der Waals surface area contributed by atoms with Crippen LogP contribution >= 0.6 is 0 Å². The molecule has 114 valence electrons. The second kappa shape index (κ2) is 5.13. The summed E-state index contributed by atoms with van der Waals surface area (Å²) in [4.78, 5) is 17.0. The summed E-state index contributed by atoms with van der Waals surface area (Å²) >= 11 is 0. The lowest BCUT2D eigenvalue weighted by Gasteiger charge is -2.40. The summed E-state index contributed by atoms with van der Waals surface area (Å²) in [6, 6.07) is 1.02. The Bertz CT molecular complexity index is 536. The molecule has 5 nitrogen and oxygen atoms in total. The van der Waals surface area contributed by atoms with Gasteiger partial charge in [-0.2, -0.15) is 5.10 Å². The third kappa shape index (κ3) is 2.59. The monoisotopic (exact) mass is 288 g/mol. The molecule has 1 aromatic rings. The van der Waals surface area contributed by atoms with Gasteiger partial charge < -0.3 is 4.90 Å². The lowest BCUT2D eigenvalue weighted by molar-refractivity contribution is -0.138. The molecule has 2 aliphatic heterocycles. The van der Waals surface area contributed by atoms with E-state index in [1.807, 2.05) is 17.9 Å². The summed E-state index contributed by atoms with van der Waals surface area (Å²) in [5.74, 6) is 1.19. The zero-order valence-electron chi connectivity index (χ0n) is 12.7. The highest BCUT2D eigenvalue weighted by Gasteiger charge is 2.44. The van der Waals surface area contributed by atoms with Crippen molar-refractivity contribution in [2.75, 3.05) is 13.1 Å². The lowest BCUT2D eigenvalue weighted by Crippen LogP contribution is -2.52. The van der Waals surface area contributed by atoms with Crippen molar-refractivity contribution >= 4 is 5.91 Å². The van der Waals surface area contributed by atoms with Gasteiger partial charge >= 0.3 is 0 Å². The molecule has 1 amide bonds. The zero-order valence-corrected chi connectivity index (χ0v) is 12.7. The van der Waals surface area contributed by atoms with Gasteiger partial charge in [0, 0.05) is 56.9 Å². The molecule has 4 rings (SSSR count). The van der Waals surface area contributed by atoms with Crippen LogP contribution in [0.4, 0.5) is 0 Å². The van der Waals surface area contributed by atoms with Gasteiger partial charge in [0.1, 0.15) is 0 Å². The Kier molecular flexibility index (Phi) is 3.25. The number of aromatic nitrogens is 2. The van der Waals surface area contributed by atoms with Gasteiger partial charge in [0.25, 0.3) is 0 Å². The third-order valence-electron chi connectivity index (χ3n) is 5.30. The highest BCUT2D eigenvalue weighted by Crippen LogP contribution is 2.36. The van der Waals surface area contributed by atoms with Crippen molar-refractivity contribution in [3.05, 3.63) is 18.0 Å². The van der Waals surface area contributed by atoms with Crippen molar-refractivity contribution in [2.45, 2.75) is 50.7 Å². The fourth-order valence-electron chi connectivity index (χ4n) is 4.04. The molecular weight excluding hydrogens is 264 g/mol. The summed E-state index contributed by atoms with van der Waals surface area (Å²) in [5.41, 5.74) is 1.28. The standard InChI is InChI=1S/C16H24N4O/c1-18-9-13(8-17-18)10-19-7-6-15-14(19)4-5-16(21)20(15)11-12-2-3-12/h8-9,12,14-15H,2-7,10-11H2,1H3/t14-,15-/m0/s1. The van der Waals surface area contributed by atoms with Crippen LogP contribution < -0.4 is 0 Å². The van der Waals surface area contributed by atoms with E-state index >= 15 is 0 Å². The van der Waals surface area contributed by atoms with Crippen LogP contribution in [0.3, 0.4) is 0 Å². The zero-order chi connectivity index (χ0) is 14.4. The summed E-state index contributed by atoms with van der Waals surface area (Å²) in [6.07, 6.45) is 9.61. The van der Waals surface area contributed by atoms with Gasteiger partial charge in [-0.1, -0.05) is 0 Å². The van der Waals surface area contributed by atoms with E-state index in [4.69, 9.17) is 0 Å². The number of carbonyl (C=O) groups excluding carboxylic acids is 1. The second-order valence-corrected chi connectivity index (χ2v) is 6.94. The number of nitrogens with zero attached hydrogens (tertiary/aromatic N) is 4. The van der Waals surface area contributed by atoms with Crippen molar-refractivity contribution < 1.29 is 4.79 Å². The van der Waals surface area contributed by atoms with Crippen molar-refractivity contribution in [3.63, 3.8) is 0 Å². The summed E-state index contributed by atoms with van der Waals surface area (Å²) in [7, 11) is 1.97. The predicted octanol–water partition coefficient (Wildman–Crippen LogP) is 1.40. The molecular formula is C16H24N4O. The summed E-state index contributed by atoms with van der Waals surface area (Å²) in [6.45, 7) is 3.10. The van der Waals surface area contributed by atoms with Gasteiger partial charge in [-0.15, -0.1) is 0 Å². The van der Waals surface area contributed by atoms with Gasteiger partial charge in [-0.25, -0.2) is 0 Å². The Morgan fingerprint density at radius 3 is 2.81 bits per heavy atom. The summed E-state index contributed by atoms with van der Waals surface area (Å²) < 4.78 is 1.87. The molecule has 3 aliphatic rings. The number of carbonyl (C=O) groups is 1. The third-order valence-corrected chi connectivity index (χ3v) is 5.30. The number of rotatable bonds is 4. The number of fused-ring (bicyclic) bond motifs is 1. The molecule has 0 unspecified atom stereocenters. The molecule has 0 N–H and O–H groups in total. The molecule has 0 aromatic carbocycles. The number of aryl methyl sites for hydroxylation is 1. The molecule has 5 heteroatoms. The highest BCUT2D eigenvalue weighted by molar-refractivity contribution is 5.77. The van der Waals surface area contributed by atoms with E-state index in [-0.39, 0.29) is 0 Å². The Morgan fingerprint density at radius 2 is 2.10 bits per heavy atom. The first-order valence-electron chi connectivity index (χ1n) is 8.22. The number of hydrogen-bond acceptors (Lipinski definition) is 3. The first-order valence-corrected chi connectivity index (χ1v) is 8.22. The average molecular weight is 288 g/mol. The quantitative estimate of drug-likeness (QED) is 0.841. The van der Waals surface area contributed by atoms with E-state index in [9.17, 15) is 4.79 Å². The fourth-order valence-corrected chi connectivity index (χ4v) is 4.04. The minimum absolute atomic E-state index is 0.395. The van der Waals surface area contributed by atoms with Crippen LogP contribution in [0.1, 0.15) is 37.7 Å². The topological polar surface area (TPSA) is 41.4 Å². The molecule has 1 aliphatic carbocycles. The molecule has 2 atom stereocenters. The van der Waals surface area contributed by atoms with Crippen LogP contribution in [0.15, 0.2) is 12.4 Å². The molecule has 3 heterocycles. The minimum Gasteiger partial charge on any atom is -0.338 e. The summed E-state index contributed by atoms with van der Waals surface area (Å²) in [5, 5.41) is 4.26. The van der Waals surface area contributed by atoms with Crippen LogP contribution in [0.2, 0.25) is 0 Å². The largest absolute Gasteiger partial charge is 0.338 e. The van der Waals surface area contributed by atoms with Gasteiger partial charge in [0.2, 0.25) is 5.91 Å². The number of piperidine rings is 1. The van der Waals surface area contributed by atoms with E-state index in [2.05, 4.69) is 21.1 Å². The van der Waals surface area contributed by atoms with Crippen molar-refractivity contribution in [1.29, 1.82) is 0 Å². The SMILES string of the molecule is Cn1cc(CN2CC[C@H]3[C@@H]2CCC(=O)N3CC2CC2)cn1. The van der Waals surface area contributed by atoms with Crippen LogP contribution in [0.25, 0.3) is 0 Å². The first kappa shape index (κ1) is 13.3. The van der Waals surface area contributed by atoms with E-state index in [1.165, 1.54) is 18.4 Å². The first-order chi connectivity index (χ1) is 10.2. The van der Waals surface area contributed by atoms with Gasteiger partial charge in [0.05, 0.1) is 6.20 Å². The fraction of sp³-hybridized carbons (Fsp3) is 0.750. The predicted molar refractivity (Wildman–Crippen MR) is 79.5 cm³/mol. The van der Waals surface area contributed by atoms with Gasteiger partial charge in [0.15, 0.2) is 0 Å². The highest BCUT2D eigenvalue weighted by atomic mass is 16.2. The smallest absolute Gasteiger partial charge is 0.222 e. The van der Waals surface area contributed by atoms with Crippen molar-refractivity contribution in [1.82, 2.24) is 19.6 Å². The van der Waals surface area contributed by atoms with Crippen LogP contribution in [0.5, 0.6) is 0 Å². The Balaban J connectivity index is 1.46. The molecule has 21 heavy (non-hydrogen) atoms. The molecule has 0 radical (unpaired) electrons. The van der Waals surface area contributed by atoms with E-state index in [1.54, 1.807) is 0 Å².